The van der Waals surface area contributed by atoms with Crippen molar-refractivity contribution in [2.75, 3.05) is 19.7 Å². The minimum absolute atomic E-state index is 0.0290. The predicted molar refractivity (Wildman–Crippen MR) is 145 cm³/mol. The molecule has 3 fully saturated rings. The quantitative estimate of drug-likeness (QED) is 0.139. The third-order valence-electron chi connectivity index (χ3n) is 7.47. The average Bonchev–Trinajstić information content (AvgIpc) is 3.51. The number of carbonyl (C=O) groups is 4. The van der Waals surface area contributed by atoms with E-state index in [4.69, 9.17) is 39.5 Å². The minimum Gasteiger partial charge on any atom is -0.445 e. The van der Waals surface area contributed by atoms with Crippen LogP contribution in [0.2, 0.25) is 0 Å². The largest absolute Gasteiger partial charge is 0.445 e. The number of alkyl carbamates (subject to hydrolysis) is 1. The molecule has 0 bridgehead atoms. The highest BCUT2D eigenvalue weighted by atomic mass is 35.6. The van der Waals surface area contributed by atoms with Gasteiger partial charge in [-0.25, -0.2) is 18.6 Å². The first kappa shape index (κ1) is 31.0. The van der Waals surface area contributed by atoms with E-state index >= 15 is 0 Å². The van der Waals surface area contributed by atoms with Crippen molar-refractivity contribution in [2.24, 2.45) is 4.99 Å². The van der Waals surface area contributed by atoms with Crippen molar-refractivity contribution in [1.82, 2.24) is 31.1 Å². The number of amides is 4. The van der Waals surface area contributed by atoms with Gasteiger partial charge < -0.3 is 35.8 Å². The highest BCUT2D eigenvalue weighted by Gasteiger charge is 2.74. The normalized spacial score (nSPS) is 27.7. The van der Waals surface area contributed by atoms with Crippen LogP contribution in [0.1, 0.15) is 23.2 Å². The molecule has 14 nitrogen and oxygen atoms in total. The Bertz CT molecular complexity index is 1430. The number of halogens is 5. The van der Waals surface area contributed by atoms with Gasteiger partial charge in [0.2, 0.25) is 27.4 Å². The van der Waals surface area contributed by atoms with Crippen LogP contribution in [0.25, 0.3) is 0 Å². The fraction of sp³-hybridized carbons (Fsp3) is 0.458. The van der Waals surface area contributed by atoms with Crippen LogP contribution in [0.3, 0.4) is 0 Å². The van der Waals surface area contributed by atoms with Gasteiger partial charge in [-0.05, 0) is 18.2 Å². The fourth-order valence-corrected chi connectivity index (χ4v) is 5.79. The van der Waals surface area contributed by atoms with Crippen molar-refractivity contribution in [1.29, 1.82) is 0 Å². The molecule has 4 heterocycles. The number of hydrogen-bond acceptors (Lipinski definition) is 11. The van der Waals surface area contributed by atoms with Crippen molar-refractivity contribution in [3.05, 3.63) is 47.8 Å². The molecular weight excluding hydrogens is 643 g/mol. The molecule has 4 amide bonds. The van der Waals surface area contributed by atoms with Crippen molar-refractivity contribution in [3.8, 4) is 0 Å². The standard InChI is InChI=1S/C24H24Cl3F2N7O7/c1-10-30-18-14(7-35-16(37)4-5-17(35)38)31-20(33-21(40)43-9-22(25,26)27)36-8-15(24(41,42)23(18,36)34-10)32-19(39)12-6-11(28)2-3-13(12)29/h2-3,6,14-15,18,30,34,41-42H,1,4-5,7-9H2,(H,32,39)(H,31,33,40)/t14-,15?,18?,23?/m0/s1. The summed E-state index contributed by atoms with van der Waals surface area (Å²) >= 11 is 17.0. The number of guanidine groups is 1. The molecule has 4 atom stereocenters. The molecule has 3 saturated heterocycles. The molecule has 232 valence electrons. The lowest BCUT2D eigenvalue weighted by molar-refractivity contribution is -0.231. The van der Waals surface area contributed by atoms with E-state index in [0.717, 1.165) is 17.0 Å². The van der Waals surface area contributed by atoms with E-state index in [1.54, 1.807) is 0 Å². The molecule has 43 heavy (non-hydrogen) atoms. The highest BCUT2D eigenvalue weighted by Crippen LogP contribution is 2.45. The van der Waals surface area contributed by atoms with Crippen LogP contribution in [0.15, 0.2) is 35.6 Å². The molecule has 6 N–H and O–H groups in total. The van der Waals surface area contributed by atoms with Gasteiger partial charge in [0.15, 0.2) is 5.66 Å². The monoisotopic (exact) mass is 665 g/mol. The molecule has 1 spiro atoms. The van der Waals surface area contributed by atoms with Gasteiger partial charge in [0.05, 0.1) is 30.0 Å². The van der Waals surface area contributed by atoms with E-state index in [9.17, 15) is 38.2 Å². The van der Waals surface area contributed by atoms with E-state index < -0.39 is 87.5 Å². The number of nitrogens with zero attached hydrogens (tertiary/aromatic N) is 3. The summed E-state index contributed by atoms with van der Waals surface area (Å²) in [6.07, 6.45) is -1.23. The van der Waals surface area contributed by atoms with E-state index in [-0.39, 0.29) is 31.2 Å². The number of benzene rings is 1. The van der Waals surface area contributed by atoms with Crippen LogP contribution >= 0.6 is 34.8 Å². The molecule has 1 aromatic carbocycles. The molecule has 0 aromatic heterocycles. The number of carbonyl (C=O) groups excluding carboxylic acids is 4. The van der Waals surface area contributed by atoms with Gasteiger partial charge >= 0.3 is 6.09 Å². The lowest BCUT2D eigenvalue weighted by Crippen LogP contribution is -2.78. The molecule has 5 rings (SSSR count). The summed E-state index contributed by atoms with van der Waals surface area (Å²) in [6, 6.07) is -1.74. The van der Waals surface area contributed by atoms with Crippen LogP contribution in [0, 0.1) is 11.6 Å². The van der Waals surface area contributed by atoms with E-state index in [2.05, 4.69) is 32.8 Å². The number of ether oxygens (including phenoxy) is 1. The van der Waals surface area contributed by atoms with Gasteiger partial charge in [-0.3, -0.25) is 24.6 Å². The maximum absolute atomic E-state index is 14.4. The first-order valence-electron chi connectivity index (χ1n) is 12.7. The van der Waals surface area contributed by atoms with E-state index in [1.165, 1.54) is 4.90 Å². The zero-order valence-corrected chi connectivity index (χ0v) is 24.1. The lowest BCUT2D eigenvalue weighted by atomic mass is 9.85. The third-order valence-corrected chi connectivity index (χ3v) is 7.80. The van der Waals surface area contributed by atoms with Gasteiger partial charge in [-0.15, -0.1) is 0 Å². The van der Waals surface area contributed by atoms with Crippen LogP contribution < -0.4 is 21.3 Å². The molecule has 4 aliphatic rings. The first-order valence-corrected chi connectivity index (χ1v) is 13.8. The Morgan fingerprint density at radius 1 is 1.21 bits per heavy atom. The molecular formula is C24H24Cl3F2N7O7. The first-order chi connectivity index (χ1) is 20.0. The Kier molecular flexibility index (Phi) is 7.88. The molecule has 0 saturated carbocycles. The molecule has 19 heteroatoms. The van der Waals surface area contributed by atoms with Gasteiger partial charge in [0, 0.05) is 19.4 Å². The van der Waals surface area contributed by atoms with Crippen molar-refractivity contribution < 1.29 is 42.9 Å². The number of aliphatic imine (C=N–C) groups is 1. The average molecular weight is 667 g/mol. The summed E-state index contributed by atoms with van der Waals surface area (Å²) < 4.78 is 31.1. The third kappa shape index (κ3) is 5.53. The van der Waals surface area contributed by atoms with Crippen LogP contribution in [0.5, 0.6) is 0 Å². The van der Waals surface area contributed by atoms with E-state index in [0.29, 0.717) is 6.07 Å². The number of nitrogens with one attached hydrogen (secondary N) is 4. The smallest absolute Gasteiger partial charge is 0.414 e. The summed E-state index contributed by atoms with van der Waals surface area (Å²) in [6.45, 7) is 2.29. The van der Waals surface area contributed by atoms with Crippen LogP contribution in [-0.2, 0) is 14.3 Å². The Hall–Kier alpha value is -3.44. The zero-order valence-electron chi connectivity index (χ0n) is 21.9. The molecule has 0 radical (unpaired) electrons. The van der Waals surface area contributed by atoms with Crippen molar-refractivity contribution in [3.63, 3.8) is 0 Å². The topological polar surface area (TPSA) is 185 Å². The fourth-order valence-electron chi connectivity index (χ4n) is 5.63. The summed E-state index contributed by atoms with van der Waals surface area (Å²) in [5.41, 5.74) is -2.78. The number of imide groups is 1. The second-order valence-electron chi connectivity index (χ2n) is 10.2. The van der Waals surface area contributed by atoms with Crippen LogP contribution in [-0.4, -0.2) is 103 Å². The van der Waals surface area contributed by atoms with Gasteiger partial charge in [0.1, 0.15) is 24.3 Å². The number of likely N-dealkylation sites (tertiary alicyclic amines) is 1. The lowest BCUT2D eigenvalue weighted by Gasteiger charge is -2.49. The maximum atomic E-state index is 14.4. The maximum Gasteiger partial charge on any atom is 0.414 e. The second kappa shape index (κ2) is 10.9. The number of aliphatic hydroxyl groups is 2. The Labute approximate surface area is 256 Å². The van der Waals surface area contributed by atoms with Crippen molar-refractivity contribution in [2.45, 2.75) is 46.2 Å². The number of rotatable bonds is 5. The summed E-state index contributed by atoms with van der Waals surface area (Å²) in [4.78, 5) is 57.1. The number of alkyl halides is 3. The van der Waals surface area contributed by atoms with Crippen LogP contribution in [0.4, 0.5) is 13.6 Å². The predicted octanol–water partition coefficient (Wildman–Crippen LogP) is -0.228. The Morgan fingerprint density at radius 3 is 2.53 bits per heavy atom. The van der Waals surface area contributed by atoms with Gasteiger partial charge in [-0.1, -0.05) is 41.4 Å². The van der Waals surface area contributed by atoms with Crippen molar-refractivity contribution >= 4 is 64.6 Å². The molecule has 1 aromatic rings. The summed E-state index contributed by atoms with van der Waals surface area (Å²) in [7, 11) is 0. The highest BCUT2D eigenvalue weighted by molar-refractivity contribution is 6.67. The minimum atomic E-state index is -2.95. The zero-order chi connectivity index (χ0) is 31.5. The second-order valence-corrected chi connectivity index (χ2v) is 12.7. The van der Waals surface area contributed by atoms with Gasteiger partial charge in [0.25, 0.3) is 5.91 Å². The number of hydrogen-bond donors (Lipinski definition) is 6. The van der Waals surface area contributed by atoms with Gasteiger partial charge in [-0.2, -0.15) is 0 Å². The summed E-state index contributed by atoms with van der Waals surface area (Å²) in [5.74, 6) is -7.35. The summed E-state index contributed by atoms with van der Waals surface area (Å²) in [5, 5.41) is 33.8. The molecule has 3 unspecified atom stereocenters. The molecule has 0 aliphatic carbocycles. The van der Waals surface area contributed by atoms with E-state index in [1.807, 2.05) is 0 Å². The Balaban J connectivity index is 1.52. The SMILES string of the molecule is C=C1NC2[C@H](CN3C(=O)CCC3=O)N=C(NC(=O)OCC(Cl)(Cl)Cl)N3CC(NC(=O)c4cc(F)ccc4F)C(O)(O)C23N1. The molecule has 4 aliphatic heterocycles. The Morgan fingerprint density at radius 2 is 1.88 bits per heavy atom.